The molecule has 3 aromatic rings. The Kier molecular flexibility index (Phi) is 5.81. The quantitative estimate of drug-likeness (QED) is 0.574. The van der Waals surface area contributed by atoms with Crippen LogP contribution in [-0.2, 0) is 6.42 Å². The van der Waals surface area contributed by atoms with Gasteiger partial charge in [0, 0.05) is 41.9 Å². The van der Waals surface area contributed by atoms with Gasteiger partial charge in [-0.2, -0.15) is 10.1 Å². The summed E-state index contributed by atoms with van der Waals surface area (Å²) in [6, 6.07) is 3.89. The fourth-order valence-corrected chi connectivity index (χ4v) is 4.57. The van der Waals surface area contributed by atoms with Crippen molar-refractivity contribution in [2.45, 2.75) is 64.8 Å². The highest BCUT2D eigenvalue weighted by atomic mass is 32.1. The van der Waals surface area contributed by atoms with Gasteiger partial charge >= 0.3 is 0 Å². The number of nitrogens with one attached hydrogen (secondary N) is 1. The molecule has 0 aliphatic heterocycles. The van der Waals surface area contributed by atoms with Gasteiger partial charge in [0.15, 0.2) is 0 Å². The number of rotatable bonds is 6. The maximum atomic E-state index is 13.5. The first-order valence-corrected chi connectivity index (χ1v) is 11.1. The van der Waals surface area contributed by atoms with Crippen molar-refractivity contribution in [3.63, 3.8) is 0 Å². The Morgan fingerprint density at radius 2 is 2.00 bits per heavy atom. The zero-order valence-electron chi connectivity index (χ0n) is 17.4. The average molecular weight is 433 g/mol. The zero-order valence-corrected chi connectivity index (χ0v) is 18.2. The lowest BCUT2D eigenvalue weighted by molar-refractivity contribution is -0.0457. The highest BCUT2D eigenvalue weighted by Crippen LogP contribution is 2.37. The molecule has 0 saturated heterocycles. The molecule has 1 saturated carbocycles. The van der Waals surface area contributed by atoms with E-state index in [0.717, 1.165) is 22.1 Å². The lowest BCUT2D eigenvalue weighted by Crippen LogP contribution is -2.26. The second-order valence-electron chi connectivity index (χ2n) is 8.12. The molecule has 0 aromatic carbocycles. The first kappa shape index (κ1) is 20.8. The number of aromatic nitrogens is 5. The Morgan fingerprint density at radius 1 is 1.23 bits per heavy atom. The van der Waals surface area contributed by atoms with E-state index in [1.54, 1.807) is 22.2 Å². The van der Waals surface area contributed by atoms with E-state index >= 15 is 0 Å². The van der Waals surface area contributed by atoms with Crippen molar-refractivity contribution in [2.24, 2.45) is 5.92 Å². The molecule has 1 fully saturated rings. The fraction of sp³-hybridized carbons (Fsp3) is 0.524. The van der Waals surface area contributed by atoms with Crippen molar-refractivity contribution in [2.75, 3.05) is 5.32 Å². The number of nitrogens with zero attached hydrogens (tertiary/aromatic N) is 5. The van der Waals surface area contributed by atoms with E-state index in [1.165, 1.54) is 0 Å². The van der Waals surface area contributed by atoms with E-state index in [0.29, 0.717) is 31.0 Å². The predicted molar refractivity (Wildman–Crippen MR) is 113 cm³/mol. The van der Waals surface area contributed by atoms with Crippen LogP contribution in [0.25, 0.3) is 5.95 Å². The van der Waals surface area contributed by atoms with Gasteiger partial charge in [-0.05, 0) is 52.0 Å². The maximum Gasteiger partial charge on any atom is 0.252 e. The molecule has 0 radical (unpaired) electrons. The molecule has 160 valence electrons. The highest BCUT2D eigenvalue weighted by Gasteiger charge is 2.35. The Hall–Kier alpha value is -2.42. The van der Waals surface area contributed by atoms with E-state index in [1.807, 2.05) is 38.3 Å². The van der Waals surface area contributed by atoms with Crippen LogP contribution < -0.4 is 5.32 Å². The van der Waals surface area contributed by atoms with Gasteiger partial charge in [0.1, 0.15) is 10.8 Å². The van der Waals surface area contributed by atoms with E-state index < -0.39 is 5.92 Å². The summed E-state index contributed by atoms with van der Waals surface area (Å²) >= 11 is 1.58. The summed E-state index contributed by atoms with van der Waals surface area (Å²) in [6.07, 6.45) is 3.39. The van der Waals surface area contributed by atoms with Crippen molar-refractivity contribution in [1.82, 2.24) is 24.7 Å². The Labute approximate surface area is 178 Å². The number of aryl methyl sites for hydroxylation is 2. The summed E-state index contributed by atoms with van der Waals surface area (Å²) in [6.45, 7) is 5.93. The summed E-state index contributed by atoms with van der Waals surface area (Å²) < 4.78 is 28.8. The lowest BCUT2D eigenvalue weighted by Gasteiger charge is -2.28. The predicted octanol–water partition coefficient (Wildman–Crippen LogP) is 5.28. The molecule has 1 aliphatic carbocycles. The van der Waals surface area contributed by atoms with E-state index in [4.69, 9.17) is 4.98 Å². The van der Waals surface area contributed by atoms with Gasteiger partial charge in [0.05, 0.1) is 11.7 Å². The SMILES string of the molecule is Cc1cc(C)n(-c2nc(CC3CCC(F)(F)CC3)cc(NC(C)c3nccs3)n2)n1. The number of hydrogen-bond acceptors (Lipinski definition) is 6. The second-order valence-corrected chi connectivity index (χ2v) is 9.05. The van der Waals surface area contributed by atoms with E-state index in [-0.39, 0.29) is 24.8 Å². The highest BCUT2D eigenvalue weighted by molar-refractivity contribution is 7.09. The number of hydrogen-bond donors (Lipinski definition) is 1. The Balaban J connectivity index is 1.61. The van der Waals surface area contributed by atoms with Gasteiger partial charge in [-0.1, -0.05) is 0 Å². The van der Waals surface area contributed by atoms with E-state index in [2.05, 4.69) is 20.4 Å². The second kappa shape index (κ2) is 8.37. The van der Waals surface area contributed by atoms with Crippen LogP contribution in [0.2, 0.25) is 0 Å². The van der Waals surface area contributed by atoms with Crippen molar-refractivity contribution in [3.8, 4) is 5.95 Å². The van der Waals surface area contributed by atoms with Crippen LogP contribution in [0.15, 0.2) is 23.7 Å². The zero-order chi connectivity index (χ0) is 21.3. The van der Waals surface area contributed by atoms with Crippen LogP contribution in [0.3, 0.4) is 0 Å². The summed E-state index contributed by atoms with van der Waals surface area (Å²) in [7, 11) is 0. The standard InChI is InChI=1S/C21H26F2N6S/c1-13-10-14(2)29(28-13)20-26-17(11-16-4-6-21(22,23)7-5-16)12-18(27-20)25-15(3)19-24-8-9-30-19/h8-10,12,15-16H,4-7,11H2,1-3H3,(H,25,26,27). The first-order valence-electron chi connectivity index (χ1n) is 10.2. The van der Waals surface area contributed by atoms with Crippen LogP contribution in [-0.4, -0.2) is 30.7 Å². The summed E-state index contributed by atoms with van der Waals surface area (Å²) in [5.74, 6) is -1.14. The maximum absolute atomic E-state index is 13.5. The van der Waals surface area contributed by atoms with Gasteiger partial charge in [-0.3, -0.25) is 0 Å². The van der Waals surface area contributed by atoms with Crippen molar-refractivity contribution in [1.29, 1.82) is 0 Å². The van der Waals surface area contributed by atoms with Gasteiger partial charge in [0.25, 0.3) is 5.95 Å². The van der Waals surface area contributed by atoms with Crippen LogP contribution >= 0.6 is 11.3 Å². The minimum Gasteiger partial charge on any atom is -0.361 e. The average Bonchev–Trinajstić information content (AvgIpc) is 3.33. The molecule has 9 heteroatoms. The van der Waals surface area contributed by atoms with E-state index in [9.17, 15) is 8.78 Å². The molecule has 30 heavy (non-hydrogen) atoms. The number of halogens is 2. The molecule has 1 unspecified atom stereocenters. The fourth-order valence-electron chi connectivity index (χ4n) is 3.92. The smallest absolute Gasteiger partial charge is 0.252 e. The molecular formula is C21H26F2N6S. The van der Waals surface area contributed by atoms with Crippen molar-refractivity contribution < 1.29 is 8.78 Å². The Morgan fingerprint density at radius 3 is 2.63 bits per heavy atom. The minimum atomic E-state index is -2.52. The van der Waals surface area contributed by atoms with Crippen LogP contribution in [0.4, 0.5) is 14.6 Å². The molecule has 0 spiro atoms. The number of alkyl halides is 2. The van der Waals surface area contributed by atoms with Crippen LogP contribution in [0.1, 0.15) is 60.7 Å². The summed E-state index contributed by atoms with van der Waals surface area (Å²) in [4.78, 5) is 13.8. The third-order valence-corrected chi connectivity index (χ3v) is 6.45. The molecule has 3 heterocycles. The normalized spacial score (nSPS) is 17.8. The van der Waals surface area contributed by atoms with Crippen molar-refractivity contribution >= 4 is 17.2 Å². The monoisotopic (exact) mass is 432 g/mol. The van der Waals surface area contributed by atoms with Gasteiger partial charge in [-0.15, -0.1) is 11.3 Å². The molecule has 0 amide bonds. The third-order valence-electron chi connectivity index (χ3n) is 5.49. The largest absolute Gasteiger partial charge is 0.361 e. The van der Waals surface area contributed by atoms with Gasteiger partial charge in [0.2, 0.25) is 5.92 Å². The molecule has 0 bridgehead atoms. The number of thiazole rings is 1. The molecule has 1 N–H and O–H groups in total. The molecule has 1 aliphatic rings. The van der Waals surface area contributed by atoms with Crippen LogP contribution in [0.5, 0.6) is 0 Å². The lowest BCUT2D eigenvalue weighted by atomic mass is 9.84. The van der Waals surface area contributed by atoms with Crippen molar-refractivity contribution in [3.05, 3.63) is 45.8 Å². The topological polar surface area (TPSA) is 68.5 Å². The summed E-state index contributed by atoms with van der Waals surface area (Å²) in [5, 5.41) is 10.8. The summed E-state index contributed by atoms with van der Waals surface area (Å²) in [5.41, 5.74) is 2.68. The third kappa shape index (κ3) is 4.83. The number of anilines is 1. The van der Waals surface area contributed by atoms with Gasteiger partial charge < -0.3 is 5.32 Å². The molecule has 1 atom stereocenters. The molecular weight excluding hydrogens is 406 g/mol. The van der Waals surface area contributed by atoms with Gasteiger partial charge in [-0.25, -0.2) is 23.4 Å². The molecule has 3 aromatic heterocycles. The minimum absolute atomic E-state index is 0.00516. The molecule has 4 rings (SSSR count). The molecule has 6 nitrogen and oxygen atoms in total. The van der Waals surface area contributed by atoms with Crippen LogP contribution in [0, 0.1) is 19.8 Å². The first-order chi connectivity index (χ1) is 14.3. The Bertz CT molecular complexity index is 991.